The lowest BCUT2D eigenvalue weighted by Crippen LogP contribution is -2.51. The lowest BCUT2D eigenvalue weighted by atomic mass is 9.82. The van der Waals surface area contributed by atoms with Gasteiger partial charge < -0.3 is 20.1 Å². The molecule has 31 heavy (non-hydrogen) atoms. The summed E-state index contributed by atoms with van der Waals surface area (Å²) in [5, 5.41) is 0. The number of amides is 1. The highest BCUT2D eigenvalue weighted by molar-refractivity contribution is 5.67. The van der Waals surface area contributed by atoms with Crippen LogP contribution in [0.15, 0.2) is 24.3 Å². The van der Waals surface area contributed by atoms with E-state index in [1.54, 1.807) is 17.0 Å². The summed E-state index contributed by atoms with van der Waals surface area (Å²) in [4.78, 5) is 14.0. The van der Waals surface area contributed by atoms with Crippen LogP contribution in [0.1, 0.15) is 62.8 Å². The number of carbonyl (C=O) groups excluding carboxylic acids is 1. The number of halogens is 2. The van der Waals surface area contributed by atoms with Gasteiger partial charge in [-0.25, -0.2) is 13.6 Å². The van der Waals surface area contributed by atoms with Crippen LogP contribution in [0.25, 0.3) is 0 Å². The third-order valence-electron chi connectivity index (χ3n) is 7.30. The van der Waals surface area contributed by atoms with Crippen LogP contribution in [-0.4, -0.2) is 55.1 Å². The van der Waals surface area contributed by atoms with E-state index in [1.165, 1.54) is 6.07 Å². The summed E-state index contributed by atoms with van der Waals surface area (Å²) < 4.78 is 39.0. The van der Waals surface area contributed by atoms with E-state index in [2.05, 4.69) is 0 Å². The molecule has 1 amide bonds. The molecule has 3 aliphatic rings. The fourth-order valence-corrected chi connectivity index (χ4v) is 4.96. The van der Waals surface area contributed by atoms with Gasteiger partial charge in [-0.3, -0.25) is 0 Å². The number of carbonyl (C=O) groups is 1. The minimum absolute atomic E-state index is 0.0215. The smallest absolute Gasteiger partial charge is 0.409 e. The molecule has 1 saturated heterocycles. The van der Waals surface area contributed by atoms with Gasteiger partial charge in [0.15, 0.2) is 0 Å². The Morgan fingerprint density at radius 3 is 2.65 bits per heavy atom. The summed E-state index contributed by atoms with van der Waals surface area (Å²) in [6.45, 7) is 1.38. The molecule has 2 N–H and O–H groups in total. The van der Waals surface area contributed by atoms with E-state index in [0.717, 1.165) is 37.7 Å². The number of piperidine rings is 1. The number of nitrogens with zero attached hydrogens (tertiary/aromatic N) is 1. The van der Waals surface area contributed by atoms with Gasteiger partial charge in [-0.15, -0.1) is 0 Å². The second kappa shape index (κ2) is 9.82. The van der Waals surface area contributed by atoms with Crippen LogP contribution in [-0.2, 0) is 9.47 Å². The monoisotopic (exact) mass is 436 g/mol. The average Bonchev–Trinajstić information content (AvgIpc) is 2.76. The van der Waals surface area contributed by atoms with E-state index < -0.39 is 11.8 Å². The molecule has 1 aliphatic heterocycles. The largest absolute Gasteiger partial charge is 0.446 e. The number of likely N-dealkylation sites (tertiary alicyclic amines) is 1. The highest BCUT2D eigenvalue weighted by Crippen LogP contribution is 2.36. The van der Waals surface area contributed by atoms with Crippen LogP contribution in [0.2, 0.25) is 0 Å². The molecule has 0 radical (unpaired) electrons. The minimum atomic E-state index is -1.32. The zero-order valence-electron chi connectivity index (χ0n) is 18.1. The van der Waals surface area contributed by atoms with E-state index in [-0.39, 0.29) is 30.5 Å². The SMILES string of the molecule is NC1CCN(C(=O)OCC2(F)CCC2)CC1CO[C@H]1CC[C@@H](c2cccc(F)c2)CC1. The van der Waals surface area contributed by atoms with Crippen LogP contribution in [0.5, 0.6) is 0 Å². The Balaban J connectivity index is 1.20. The normalized spacial score (nSPS) is 30.5. The Hall–Kier alpha value is -1.73. The van der Waals surface area contributed by atoms with Crippen LogP contribution >= 0.6 is 0 Å². The molecule has 2 saturated carbocycles. The third-order valence-corrected chi connectivity index (χ3v) is 7.30. The van der Waals surface area contributed by atoms with Crippen molar-refractivity contribution in [2.75, 3.05) is 26.3 Å². The standard InChI is InChI=1S/C24H34F2N2O3/c25-20-4-1-3-18(13-20)17-5-7-21(8-6-17)30-15-19-14-28(12-9-22(19)27)23(29)31-16-24(26)10-2-11-24/h1,3-4,13,17,19,21-22H,2,5-12,14-16,27H2/t17-,19?,21+,22?. The van der Waals surface area contributed by atoms with E-state index >= 15 is 0 Å². The zero-order chi connectivity index (χ0) is 21.8. The van der Waals surface area contributed by atoms with Gasteiger partial charge in [0.25, 0.3) is 0 Å². The molecule has 2 aliphatic carbocycles. The Bertz CT molecular complexity index is 750. The molecule has 7 heteroatoms. The van der Waals surface area contributed by atoms with Gasteiger partial charge in [0.1, 0.15) is 18.1 Å². The Morgan fingerprint density at radius 1 is 1.19 bits per heavy atom. The van der Waals surface area contributed by atoms with Gasteiger partial charge in [0, 0.05) is 25.0 Å². The molecule has 1 aromatic carbocycles. The Labute approximate surface area is 183 Å². The quantitative estimate of drug-likeness (QED) is 0.711. The lowest BCUT2D eigenvalue weighted by Gasteiger charge is -2.38. The summed E-state index contributed by atoms with van der Waals surface area (Å²) in [5.74, 6) is 0.247. The van der Waals surface area contributed by atoms with E-state index in [0.29, 0.717) is 44.9 Å². The molecule has 0 spiro atoms. The zero-order valence-corrected chi connectivity index (χ0v) is 18.1. The van der Waals surface area contributed by atoms with Gasteiger partial charge in [0.05, 0.1) is 12.7 Å². The summed E-state index contributed by atoms with van der Waals surface area (Å²) in [6, 6.07) is 6.86. The van der Waals surface area contributed by atoms with Gasteiger partial charge in [0.2, 0.25) is 0 Å². The molecular formula is C24H34F2N2O3. The number of nitrogens with two attached hydrogens (primary N) is 1. The third kappa shape index (κ3) is 5.75. The number of rotatable bonds is 6. The predicted molar refractivity (Wildman–Crippen MR) is 114 cm³/mol. The first kappa shape index (κ1) is 22.5. The topological polar surface area (TPSA) is 64.8 Å². The van der Waals surface area contributed by atoms with Crippen molar-refractivity contribution >= 4 is 6.09 Å². The van der Waals surface area contributed by atoms with Crippen molar-refractivity contribution in [2.45, 2.75) is 75.1 Å². The first-order chi connectivity index (χ1) is 14.9. The van der Waals surface area contributed by atoms with Crippen LogP contribution in [0.4, 0.5) is 13.6 Å². The predicted octanol–water partition coefficient (Wildman–Crippen LogP) is 4.55. The van der Waals surface area contributed by atoms with Crippen LogP contribution in [0.3, 0.4) is 0 Å². The fraction of sp³-hybridized carbons (Fsp3) is 0.708. The van der Waals surface area contributed by atoms with Crippen molar-refractivity contribution in [3.63, 3.8) is 0 Å². The van der Waals surface area contributed by atoms with E-state index in [9.17, 15) is 13.6 Å². The molecular weight excluding hydrogens is 402 g/mol. The van der Waals surface area contributed by atoms with Crippen molar-refractivity contribution in [3.05, 3.63) is 35.6 Å². The van der Waals surface area contributed by atoms with Crippen LogP contribution in [0, 0.1) is 11.7 Å². The number of hydrogen-bond donors (Lipinski definition) is 1. The highest BCUT2D eigenvalue weighted by Gasteiger charge is 2.39. The molecule has 4 rings (SSSR count). The first-order valence-corrected chi connectivity index (χ1v) is 11.7. The number of ether oxygens (including phenoxy) is 2. The number of benzene rings is 1. The maximum atomic E-state index is 14.1. The summed E-state index contributed by atoms with van der Waals surface area (Å²) in [7, 11) is 0. The first-order valence-electron chi connectivity index (χ1n) is 11.7. The van der Waals surface area contributed by atoms with Gasteiger partial charge in [-0.05, 0) is 75.0 Å². The van der Waals surface area contributed by atoms with Crippen molar-refractivity contribution in [3.8, 4) is 0 Å². The molecule has 3 fully saturated rings. The van der Waals surface area contributed by atoms with Crippen molar-refractivity contribution in [1.82, 2.24) is 4.90 Å². The molecule has 1 aromatic rings. The molecule has 2 atom stereocenters. The van der Waals surface area contributed by atoms with Crippen molar-refractivity contribution in [1.29, 1.82) is 0 Å². The average molecular weight is 437 g/mol. The second-order valence-electron chi connectivity index (χ2n) is 9.58. The number of hydrogen-bond acceptors (Lipinski definition) is 4. The van der Waals surface area contributed by atoms with E-state index in [1.807, 2.05) is 6.07 Å². The Kier molecular flexibility index (Phi) is 7.12. The minimum Gasteiger partial charge on any atom is -0.446 e. The number of alkyl halides is 1. The molecule has 172 valence electrons. The van der Waals surface area contributed by atoms with Crippen molar-refractivity contribution < 1.29 is 23.0 Å². The fourth-order valence-electron chi connectivity index (χ4n) is 4.96. The van der Waals surface area contributed by atoms with Gasteiger partial charge in [-0.1, -0.05) is 12.1 Å². The lowest BCUT2D eigenvalue weighted by molar-refractivity contribution is -0.0313. The summed E-state index contributed by atoms with van der Waals surface area (Å²) >= 11 is 0. The molecule has 5 nitrogen and oxygen atoms in total. The van der Waals surface area contributed by atoms with Gasteiger partial charge in [-0.2, -0.15) is 0 Å². The maximum absolute atomic E-state index is 14.1. The molecule has 0 aromatic heterocycles. The Morgan fingerprint density at radius 2 is 1.97 bits per heavy atom. The van der Waals surface area contributed by atoms with E-state index in [4.69, 9.17) is 15.2 Å². The molecule has 0 bridgehead atoms. The maximum Gasteiger partial charge on any atom is 0.409 e. The van der Waals surface area contributed by atoms with Crippen molar-refractivity contribution in [2.24, 2.45) is 11.7 Å². The summed E-state index contributed by atoms with van der Waals surface area (Å²) in [5.41, 5.74) is 6.03. The highest BCUT2D eigenvalue weighted by atomic mass is 19.1. The summed E-state index contributed by atoms with van der Waals surface area (Å²) in [6.07, 6.45) is 6.06. The van der Waals surface area contributed by atoms with Crippen LogP contribution < -0.4 is 5.73 Å². The molecule has 2 unspecified atom stereocenters. The molecule has 1 heterocycles. The van der Waals surface area contributed by atoms with Gasteiger partial charge >= 0.3 is 6.09 Å². The second-order valence-corrected chi connectivity index (χ2v) is 9.58.